The number of nitrogens with one attached hydrogen (secondary N) is 3. The van der Waals surface area contributed by atoms with Crippen LogP contribution in [0.4, 0.5) is 13.2 Å². The number of carbonyl (C=O) groups is 2. The van der Waals surface area contributed by atoms with Gasteiger partial charge in [0.05, 0.1) is 19.6 Å². The standard InChI is InChI=1S/C24H22F3N5O5/c1-36-13-8-5-9-14-17(13)30-22(37-14)16-18(21(34)28-10-11-33)29-20-15(12-6-3-2-4-7-12)19(24(25,26)27)31-32(20)23(16)35/h2-9,15,19-20,29,31,33H,10-11H2,1H3,(H,28,34). The highest BCUT2D eigenvalue weighted by atomic mass is 19.4. The van der Waals surface area contributed by atoms with Crippen LogP contribution < -0.4 is 20.8 Å². The lowest BCUT2D eigenvalue weighted by atomic mass is 9.89. The lowest BCUT2D eigenvalue weighted by molar-refractivity contribution is -0.161. The molecule has 2 aliphatic rings. The third-order valence-electron chi connectivity index (χ3n) is 6.21. The summed E-state index contributed by atoms with van der Waals surface area (Å²) in [7, 11) is 1.42. The molecule has 0 radical (unpaired) electrons. The van der Waals surface area contributed by atoms with Crippen molar-refractivity contribution in [2.75, 3.05) is 20.3 Å². The van der Waals surface area contributed by atoms with Gasteiger partial charge in [0.15, 0.2) is 11.1 Å². The van der Waals surface area contributed by atoms with Crippen molar-refractivity contribution in [2.45, 2.75) is 24.3 Å². The van der Waals surface area contributed by atoms with E-state index in [9.17, 15) is 22.8 Å². The third-order valence-corrected chi connectivity index (χ3v) is 6.21. The van der Waals surface area contributed by atoms with E-state index in [1.807, 2.05) is 0 Å². The van der Waals surface area contributed by atoms with Gasteiger partial charge >= 0.3 is 6.18 Å². The van der Waals surface area contributed by atoms with E-state index in [4.69, 9.17) is 14.3 Å². The van der Waals surface area contributed by atoms with E-state index in [0.717, 1.165) is 5.01 Å². The number of oxazole rings is 1. The van der Waals surface area contributed by atoms with Gasteiger partial charge in [-0.15, -0.1) is 0 Å². The number of hydrazine groups is 1. The highest BCUT2D eigenvalue weighted by molar-refractivity contribution is 6.25. The SMILES string of the molecule is COc1cccc2oc(C3=C(C(=O)NCCO)NC4C(c5ccccc5)C(C(F)(F)F)NN4C3=O)nc12. The van der Waals surface area contributed by atoms with Gasteiger partial charge < -0.3 is 24.9 Å². The molecule has 10 nitrogen and oxygen atoms in total. The van der Waals surface area contributed by atoms with E-state index in [0.29, 0.717) is 11.3 Å². The molecule has 3 aromatic rings. The van der Waals surface area contributed by atoms with Gasteiger partial charge in [-0.1, -0.05) is 36.4 Å². The fraction of sp³-hybridized carbons (Fsp3) is 0.292. The number of benzene rings is 2. The number of alkyl halides is 3. The zero-order valence-corrected chi connectivity index (χ0v) is 19.4. The van der Waals surface area contributed by atoms with Crippen molar-refractivity contribution in [3.05, 3.63) is 65.7 Å². The van der Waals surface area contributed by atoms with Gasteiger partial charge in [-0.3, -0.25) is 9.59 Å². The summed E-state index contributed by atoms with van der Waals surface area (Å²) in [5.74, 6) is -2.96. The highest BCUT2D eigenvalue weighted by Crippen LogP contribution is 2.43. The van der Waals surface area contributed by atoms with Crippen molar-refractivity contribution in [1.82, 2.24) is 26.1 Å². The van der Waals surface area contributed by atoms with Crippen LogP contribution in [0.15, 0.2) is 58.6 Å². The van der Waals surface area contributed by atoms with Gasteiger partial charge in [0, 0.05) is 6.54 Å². The number of hydrogen-bond donors (Lipinski definition) is 4. The maximum absolute atomic E-state index is 14.1. The largest absolute Gasteiger partial charge is 0.494 e. The van der Waals surface area contributed by atoms with Crippen LogP contribution in [0.1, 0.15) is 17.4 Å². The number of ether oxygens (including phenoxy) is 1. The van der Waals surface area contributed by atoms with E-state index in [-0.39, 0.29) is 41.4 Å². The first-order valence-corrected chi connectivity index (χ1v) is 11.3. The Morgan fingerprint density at radius 2 is 1.97 bits per heavy atom. The highest BCUT2D eigenvalue weighted by Gasteiger charge is 2.58. The number of rotatable bonds is 6. The second-order valence-corrected chi connectivity index (χ2v) is 8.40. The van der Waals surface area contributed by atoms with Gasteiger partial charge in [-0.05, 0) is 17.7 Å². The number of halogens is 3. The number of hydrogen-bond acceptors (Lipinski definition) is 8. The average Bonchev–Trinajstić information content (AvgIpc) is 3.49. The molecular weight excluding hydrogens is 495 g/mol. The van der Waals surface area contributed by atoms with Gasteiger partial charge in [0.25, 0.3) is 11.8 Å². The minimum Gasteiger partial charge on any atom is -0.494 e. The first kappa shape index (κ1) is 24.6. The van der Waals surface area contributed by atoms with E-state index < -0.39 is 36.1 Å². The van der Waals surface area contributed by atoms with E-state index in [1.165, 1.54) is 19.2 Å². The predicted octanol–water partition coefficient (Wildman–Crippen LogP) is 1.65. The summed E-state index contributed by atoms with van der Waals surface area (Å²) < 4.78 is 53.4. The Hall–Kier alpha value is -4.10. The van der Waals surface area contributed by atoms with Crippen LogP contribution in [0.3, 0.4) is 0 Å². The van der Waals surface area contributed by atoms with Gasteiger partial charge in [-0.2, -0.15) is 13.2 Å². The molecule has 5 rings (SSSR count). The number of aliphatic hydroxyl groups excluding tert-OH is 1. The Bertz CT molecular complexity index is 1370. The molecule has 3 unspecified atom stereocenters. The molecule has 1 saturated heterocycles. The third kappa shape index (κ3) is 4.25. The molecule has 4 N–H and O–H groups in total. The maximum Gasteiger partial charge on any atom is 0.406 e. The molecule has 3 heterocycles. The Morgan fingerprint density at radius 1 is 1.22 bits per heavy atom. The Morgan fingerprint density at radius 3 is 2.65 bits per heavy atom. The molecule has 2 aromatic carbocycles. The molecule has 2 amide bonds. The summed E-state index contributed by atoms with van der Waals surface area (Å²) >= 11 is 0. The van der Waals surface area contributed by atoms with E-state index in [1.54, 1.807) is 36.4 Å². The number of amides is 2. The first-order valence-electron chi connectivity index (χ1n) is 11.3. The summed E-state index contributed by atoms with van der Waals surface area (Å²) in [6, 6.07) is 10.6. The Kier molecular flexibility index (Phi) is 6.25. The van der Waals surface area contributed by atoms with Gasteiger partial charge in [-0.25, -0.2) is 15.4 Å². The zero-order valence-electron chi connectivity index (χ0n) is 19.4. The second-order valence-electron chi connectivity index (χ2n) is 8.40. The van der Waals surface area contributed by atoms with Crippen LogP contribution in [0.25, 0.3) is 16.7 Å². The number of methoxy groups -OCH3 is 1. The smallest absolute Gasteiger partial charge is 0.406 e. The quantitative estimate of drug-likeness (QED) is 0.389. The van der Waals surface area contributed by atoms with Crippen LogP contribution >= 0.6 is 0 Å². The second kappa shape index (κ2) is 9.41. The van der Waals surface area contributed by atoms with Crippen molar-refractivity contribution in [3.63, 3.8) is 0 Å². The molecule has 0 spiro atoms. The van der Waals surface area contributed by atoms with Gasteiger partial charge in [0.1, 0.15) is 29.2 Å². The Labute approximate surface area is 208 Å². The van der Waals surface area contributed by atoms with Crippen molar-refractivity contribution in [1.29, 1.82) is 0 Å². The zero-order chi connectivity index (χ0) is 26.3. The Balaban J connectivity index is 1.65. The minimum absolute atomic E-state index is 0.146. The molecule has 1 fully saturated rings. The number of para-hydroxylation sites is 1. The molecule has 2 aliphatic heterocycles. The number of aromatic nitrogens is 1. The molecule has 37 heavy (non-hydrogen) atoms. The molecule has 1 aromatic heterocycles. The van der Waals surface area contributed by atoms with Crippen LogP contribution in [-0.4, -0.2) is 65.6 Å². The average molecular weight is 517 g/mol. The van der Waals surface area contributed by atoms with Crippen LogP contribution in [0.2, 0.25) is 0 Å². The molecule has 3 atom stereocenters. The normalized spacial score (nSPS) is 21.7. The maximum atomic E-state index is 14.1. The lowest BCUT2D eigenvalue weighted by Crippen LogP contribution is -2.56. The summed E-state index contributed by atoms with van der Waals surface area (Å²) in [4.78, 5) is 31.1. The van der Waals surface area contributed by atoms with Crippen molar-refractivity contribution in [3.8, 4) is 5.75 Å². The van der Waals surface area contributed by atoms with Crippen molar-refractivity contribution < 1.29 is 37.0 Å². The van der Waals surface area contributed by atoms with E-state index in [2.05, 4.69) is 21.0 Å². The van der Waals surface area contributed by atoms with Crippen LogP contribution in [0.5, 0.6) is 5.75 Å². The van der Waals surface area contributed by atoms with Crippen LogP contribution in [-0.2, 0) is 9.59 Å². The first-order chi connectivity index (χ1) is 17.7. The number of fused-ring (bicyclic) bond motifs is 2. The number of carbonyl (C=O) groups excluding carboxylic acids is 2. The monoisotopic (exact) mass is 517 g/mol. The number of nitrogens with zero attached hydrogens (tertiary/aromatic N) is 2. The molecule has 13 heteroatoms. The predicted molar refractivity (Wildman–Crippen MR) is 124 cm³/mol. The topological polar surface area (TPSA) is 129 Å². The summed E-state index contributed by atoms with van der Waals surface area (Å²) in [6.07, 6.45) is -5.98. The number of aliphatic hydroxyl groups is 1. The molecule has 194 valence electrons. The molecule has 0 bridgehead atoms. The fourth-order valence-corrected chi connectivity index (χ4v) is 4.60. The lowest BCUT2D eigenvalue weighted by Gasteiger charge is -2.34. The molecule has 0 aliphatic carbocycles. The van der Waals surface area contributed by atoms with Gasteiger partial charge in [0.2, 0.25) is 5.89 Å². The molecule has 0 saturated carbocycles. The van der Waals surface area contributed by atoms with E-state index >= 15 is 0 Å². The van der Waals surface area contributed by atoms with Crippen molar-refractivity contribution in [2.24, 2.45) is 0 Å². The minimum atomic E-state index is -4.72. The van der Waals surface area contributed by atoms with Crippen molar-refractivity contribution >= 4 is 28.5 Å². The summed E-state index contributed by atoms with van der Waals surface area (Å²) in [5.41, 5.74) is 2.42. The fourth-order valence-electron chi connectivity index (χ4n) is 4.60. The summed E-state index contributed by atoms with van der Waals surface area (Å²) in [5, 5.41) is 15.2. The summed E-state index contributed by atoms with van der Waals surface area (Å²) in [6.45, 7) is -0.533. The molecular formula is C24H22F3N5O5. The van der Waals surface area contributed by atoms with Crippen LogP contribution in [0, 0.1) is 0 Å².